The first kappa shape index (κ1) is 17.6. The average Bonchev–Trinajstić information content (AvgIpc) is 3.39. The highest BCUT2D eigenvalue weighted by Gasteiger charge is 2.42. The topological polar surface area (TPSA) is 41.4 Å². The molecule has 2 fully saturated rings. The van der Waals surface area contributed by atoms with Crippen LogP contribution in [0.5, 0.6) is 0 Å². The first-order valence-corrected chi connectivity index (χ1v) is 10.6. The molecule has 2 aliphatic rings. The van der Waals surface area contributed by atoms with E-state index >= 15 is 0 Å². The van der Waals surface area contributed by atoms with Crippen molar-refractivity contribution in [2.75, 3.05) is 25.9 Å². The van der Waals surface area contributed by atoms with E-state index in [4.69, 9.17) is 0 Å². The highest BCUT2D eigenvalue weighted by molar-refractivity contribution is 7.98. The van der Waals surface area contributed by atoms with E-state index in [-0.39, 0.29) is 5.91 Å². The SMILES string of the molecule is CSc1ccc(CN2CC[C@H]3CN(C(=O)CCn4cccn4)C[C@H]32)cc1. The van der Waals surface area contributed by atoms with Crippen molar-refractivity contribution in [1.82, 2.24) is 19.6 Å². The third-order valence-corrected chi connectivity index (χ3v) is 6.42. The van der Waals surface area contributed by atoms with Crippen LogP contribution in [0.1, 0.15) is 18.4 Å². The summed E-state index contributed by atoms with van der Waals surface area (Å²) in [5, 5.41) is 4.18. The highest BCUT2D eigenvalue weighted by Crippen LogP contribution is 2.33. The number of carbonyl (C=O) groups excluding carboxylic acids is 1. The molecule has 5 nitrogen and oxygen atoms in total. The van der Waals surface area contributed by atoms with Crippen molar-refractivity contribution in [3.05, 3.63) is 48.3 Å². The van der Waals surface area contributed by atoms with Crippen LogP contribution in [-0.2, 0) is 17.9 Å². The second-order valence-electron chi connectivity index (χ2n) is 7.25. The number of thioether (sulfide) groups is 1. The maximum absolute atomic E-state index is 12.6. The lowest BCUT2D eigenvalue weighted by Crippen LogP contribution is -2.37. The summed E-state index contributed by atoms with van der Waals surface area (Å²) in [4.78, 5) is 18.5. The van der Waals surface area contributed by atoms with Gasteiger partial charge in [0.2, 0.25) is 5.91 Å². The molecule has 4 rings (SSSR count). The van der Waals surface area contributed by atoms with Crippen molar-refractivity contribution >= 4 is 17.7 Å². The maximum atomic E-state index is 12.6. The molecule has 2 saturated heterocycles. The Morgan fingerprint density at radius 2 is 2.12 bits per heavy atom. The van der Waals surface area contributed by atoms with Gasteiger partial charge in [-0.3, -0.25) is 14.4 Å². The molecule has 0 unspecified atom stereocenters. The molecule has 0 radical (unpaired) electrons. The number of nitrogens with zero attached hydrogens (tertiary/aromatic N) is 4. The molecule has 1 aromatic carbocycles. The van der Waals surface area contributed by atoms with Crippen LogP contribution in [0.2, 0.25) is 0 Å². The summed E-state index contributed by atoms with van der Waals surface area (Å²) in [7, 11) is 0. The fourth-order valence-electron chi connectivity index (χ4n) is 4.22. The first-order valence-electron chi connectivity index (χ1n) is 9.35. The molecule has 2 aromatic rings. The largest absolute Gasteiger partial charge is 0.341 e. The number of benzene rings is 1. The van der Waals surface area contributed by atoms with Crippen LogP contribution >= 0.6 is 11.8 Å². The Morgan fingerprint density at radius 1 is 1.27 bits per heavy atom. The zero-order chi connectivity index (χ0) is 17.9. The molecule has 138 valence electrons. The summed E-state index contributed by atoms with van der Waals surface area (Å²) in [5.41, 5.74) is 1.37. The van der Waals surface area contributed by atoms with Gasteiger partial charge in [0, 0.05) is 55.9 Å². The first-order chi connectivity index (χ1) is 12.7. The lowest BCUT2D eigenvalue weighted by Gasteiger charge is -2.25. The summed E-state index contributed by atoms with van der Waals surface area (Å²) in [6.45, 7) is 4.61. The van der Waals surface area contributed by atoms with Crippen LogP contribution in [0.25, 0.3) is 0 Å². The van der Waals surface area contributed by atoms with E-state index in [1.807, 2.05) is 16.9 Å². The van der Waals surface area contributed by atoms with Crippen LogP contribution in [0.4, 0.5) is 0 Å². The average molecular weight is 371 g/mol. The van der Waals surface area contributed by atoms with Crippen LogP contribution in [0.3, 0.4) is 0 Å². The van der Waals surface area contributed by atoms with Gasteiger partial charge in [-0.1, -0.05) is 12.1 Å². The number of fused-ring (bicyclic) bond motifs is 1. The predicted octanol–water partition coefficient (Wildman–Crippen LogP) is 2.73. The fourth-order valence-corrected chi connectivity index (χ4v) is 4.62. The van der Waals surface area contributed by atoms with Crippen LogP contribution in [0.15, 0.2) is 47.6 Å². The van der Waals surface area contributed by atoms with Crippen LogP contribution in [0, 0.1) is 5.92 Å². The van der Waals surface area contributed by atoms with Gasteiger partial charge in [0.05, 0.1) is 0 Å². The number of hydrogen-bond donors (Lipinski definition) is 0. The summed E-state index contributed by atoms with van der Waals surface area (Å²) in [6, 6.07) is 11.3. The van der Waals surface area contributed by atoms with Crippen molar-refractivity contribution in [1.29, 1.82) is 0 Å². The van der Waals surface area contributed by atoms with Gasteiger partial charge < -0.3 is 4.90 Å². The van der Waals surface area contributed by atoms with E-state index in [9.17, 15) is 4.79 Å². The number of amides is 1. The Balaban J connectivity index is 1.32. The van der Waals surface area contributed by atoms with Crippen molar-refractivity contribution in [3.63, 3.8) is 0 Å². The minimum Gasteiger partial charge on any atom is -0.341 e. The monoisotopic (exact) mass is 370 g/mol. The molecular formula is C20H26N4OS. The predicted molar refractivity (Wildman–Crippen MR) is 104 cm³/mol. The Morgan fingerprint density at radius 3 is 2.85 bits per heavy atom. The summed E-state index contributed by atoms with van der Waals surface area (Å²) in [5.74, 6) is 0.897. The maximum Gasteiger partial charge on any atom is 0.224 e. The van der Waals surface area contributed by atoms with E-state index < -0.39 is 0 Å². The number of likely N-dealkylation sites (tertiary alicyclic amines) is 2. The minimum absolute atomic E-state index is 0.263. The quantitative estimate of drug-likeness (QED) is 0.733. The molecule has 1 amide bonds. The molecule has 26 heavy (non-hydrogen) atoms. The fraction of sp³-hybridized carbons (Fsp3) is 0.500. The number of carbonyl (C=O) groups is 1. The van der Waals surface area contributed by atoms with Crippen molar-refractivity contribution < 1.29 is 4.79 Å². The van der Waals surface area contributed by atoms with Crippen LogP contribution < -0.4 is 0 Å². The van der Waals surface area contributed by atoms with Crippen LogP contribution in [-0.4, -0.2) is 57.4 Å². The number of rotatable bonds is 6. The Labute approximate surface area is 159 Å². The van der Waals surface area contributed by atoms with E-state index in [1.165, 1.54) is 16.9 Å². The Bertz CT molecular complexity index is 731. The summed E-state index contributed by atoms with van der Waals surface area (Å²) >= 11 is 1.78. The van der Waals surface area contributed by atoms with Gasteiger partial charge in [-0.25, -0.2) is 0 Å². The molecule has 3 heterocycles. The van der Waals surface area contributed by atoms with Gasteiger partial charge in [0.15, 0.2) is 0 Å². The molecule has 0 spiro atoms. The molecule has 6 heteroatoms. The molecule has 0 aliphatic carbocycles. The van der Waals surface area contributed by atoms with Gasteiger partial charge >= 0.3 is 0 Å². The number of aromatic nitrogens is 2. The zero-order valence-corrected chi connectivity index (χ0v) is 16.1. The highest BCUT2D eigenvalue weighted by atomic mass is 32.2. The molecule has 0 N–H and O–H groups in total. The van der Waals surface area contributed by atoms with Gasteiger partial charge in [-0.15, -0.1) is 11.8 Å². The minimum atomic E-state index is 0.263. The zero-order valence-electron chi connectivity index (χ0n) is 15.3. The molecular weight excluding hydrogens is 344 g/mol. The van der Waals surface area contributed by atoms with E-state index in [2.05, 4.69) is 45.4 Å². The molecule has 0 bridgehead atoms. The van der Waals surface area contributed by atoms with E-state index in [0.29, 0.717) is 24.9 Å². The van der Waals surface area contributed by atoms with Crippen molar-refractivity contribution in [3.8, 4) is 0 Å². The standard InChI is InChI=1S/C20H26N4OS/c1-26-18-5-3-16(4-6-18)13-22-11-7-17-14-23(15-19(17)22)20(25)8-12-24-10-2-9-21-24/h2-6,9-10,17,19H,7-8,11-15H2,1H3/t17-,19+/m0/s1. The second kappa shape index (κ2) is 7.84. The Kier molecular flexibility index (Phi) is 5.31. The van der Waals surface area contributed by atoms with E-state index in [1.54, 1.807) is 18.0 Å². The summed E-state index contributed by atoms with van der Waals surface area (Å²) < 4.78 is 1.83. The molecule has 1 aromatic heterocycles. The third-order valence-electron chi connectivity index (χ3n) is 5.67. The number of hydrogen-bond acceptors (Lipinski definition) is 4. The van der Waals surface area contributed by atoms with Crippen molar-refractivity contribution in [2.24, 2.45) is 5.92 Å². The lowest BCUT2D eigenvalue weighted by molar-refractivity contribution is -0.130. The normalized spacial score (nSPS) is 22.7. The van der Waals surface area contributed by atoms with Gasteiger partial charge in [-0.05, 0) is 48.9 Å². The van der Waals surface area contributed by atoms with E-state index in [0.717, 1.165) is 26.2 Å². The number of aryl methyl sites for hydroxylation is 1. The van der Waals surface area contributed by atoms with Crippen molar-refractivity contribution in [2.45, 2.75) is 36.9 Å². The summed E-state index contributed by atoms with van der Waals surface area (Å²) in [6.07, 6.45) is 7.52. The van der Waals surface area contributed by atoms with Gasteiger partial charge in [0.1, 0.15) is 0 Å². The lowest BCUT2D eigenvalue weighted by atomic mass is 10.0. The Hall–Kier alpha value is -1.79. The molecule has 2 atom stereocenters. The smallest absolute Gasteiger partial charge is 0.224 e. The van der Waals surface area contributed by atoms with Gasteiger partial charge in [0.25, 0.3) is 0 Å². The molecule has 0 saturated carbocycles. The van der Waals surface area contributed by atoms with Gasteiger partial charge in [-0.2, -0.15) is 5.10 Å². The third kappa shape index (κ3) is 3.81. The molecule has 2 aliphatic heterocycles. The second-order valence-corrected chi connectivity index (χ2v) is 8.13.